The zero-order valence-corrected chi connectivity index (χ0v) is 14.3. The van der Waals surface area contributed by atoms with E-state index in [0.717, 1.165) is 30.4 Å². The Labute approximate surface area is 131 Å². The van der Waals surface area contributed by atoms with Gasteiger partial charge in [0.05, 0.1) is 4.34 Å². The molecule has 0 amide bonds. The van der Waals surface area contributed by atoms with Gasteiger partial charge in [-0.15, -0.1) is 11.3 Å². The molecule has 114 valence electrons. The number of rotatable bonds is 6. The molecule has 1 aromatic heterocycles. The first-order valence-corrected chi connectivity index (χ1v) is 8.66. The molecule has 0 spiro atoms. The zero-order chi connectivity index (χ0) is 14.5. The number of hydrogen-bond acceptors (Lipinski definition) is 4. The minimum Gasteiger partial charge on any atom is -0.312 e. The molecular formula is C15H26ClN3S. The molecule has 3 nitrogen and oxygen atoms in total. The van der Waals surface area contributed by atoms with E-state index >= 15 is 0 Å². The Morgan fingerprint density at radius 2 is 2.20 bits per heavy atom. The second-order valence-corrected chi connectivity index (χ2v) is 7.58. The normalized spacial score (nSPS) is 23.1. The predicted octanol–water partition coefficient (Wildman–Crippen LogP) is 2.56. The predicted molar refractivity (Wildman–Crippen MR) is 89.0 cm³/mol. The molecular weight excluding hydrogens is 290 g/mol. The van der Waals surface area contributed by atoms with E-state index in [9.17, 15) is 0 Å². The molecule has 20 heavy (non-hydrogen) atoms. The summed E-state index contributed by atoms with van der Waals surface area (Å²) in [6, 6.07) is 5.24. The first-order chi connectivity index (χ1) is 9.60. The molecule has 2 atom stereocenters. The van der Waals surface area contributed by atoms with Crippen molar-refractivity contribution in [3.05, 3.63) is 21.3 Å². The quantitative estimate of drug-likeness (QED) is 0.870. The van der Waals surface area contributed by atoms with E-state index in [1.807, 2.05) is 6.07 Å². The van der Waals surface area contributed by atoms with Crippen LogP contribution in [-0.2, 0) is 6.42 Å². The number of nitrogens with zero attached hydrogens (tertiary/aromatic N) is 2. The van der Waals surface area contributed by atoms with E-state index in [-0.39, 0.29) is 0 Å². The lowest BCUT2D eigenvalue weighted by Gasteiger charge is -2.42. The molecule has 2 rings (SSSR count). The maximum Gasteiger partial charge on any atom is 0.0931 e. The average Bonchev–Trinajstić information content (AvgIpc) is 2.83. The van der Waals surface area contributed by atoms with Gasteiger partial charge in [0.15, 0.2) is 0 Å². The van der Waals surface area contributed by atoms with Crippen molar-refractivity contribution >= 4 is 22.9 Å². The SMILES string of the molecule is CCCNC(Cc1ccc(Cl)s1)C1CN(C)CCN1C. The van der Waals surface area contributed by atoms with Crippen LogP contribution in [0.1, 0.15) is 18.2 Å². The standard InChI is InChI=1S/C15H26ClN3S/c1-4-7-17-13(10-12-5-6-15(16)20-12)14-11-18(2)8-9-19(14)3/h5-6,13-14,17H,4,7-11H2,1-3H3. The average molecular weight is 316 g/mol. The highest BCUT2D eigenvalue weighted by Gasteiger charge is 2.29. The van der Waals surface area contributed by atoms with Gasteiger partial charge < -0.3 is 10.2 Å². The lowest BCUT2D eigenvalue weighted by atomic mass is 10.00. The molecule has 0 aromatic carbocycles. The molecule has 1 N–H and O–H groups in total. The number of likely N-dealkylation sites (N-methyl/N-ethyl adjacent to an activating group) is 2. The van der Waals surface area contributed by atoms with Crippen LogP contribution in [0.5, 0.6) is 0 Å². The van der Waals surface area contributed by atoms with Crippen LogP contribution >= 0.6 is 22.9 Å². The Morgan fingerprint density at radius 3 is 2.85 bits per heavy atom. The summed E-state index contributed by atoms with van der Waals surface area (Å²) < 4.78 is 0.892. The Bertz CT molecular complexity index is 410. The van der Waals surface area contributed by atoms with Crippen LogP contribution in [-0.4, -0.2) is 62.2 Å². The number of nitrogens with one attached hydrogen (secondary N) is 1. The highest BCUT2D eigenvalue weighted by Crippen LogP contribution is 2.24. The largest absolute Gasteiger partial charge is 0.312 e. The van der Waals surface area contributed by atoms with Crippen LogP contribution in [0.3, 0.4) is 0 Å². The molecule has 2 unspecified atom stereocenters. The summed E-state index contributed by atoms with van der Waals surface area (Å²) in [5, 5.41) is 3.74. The van der Waals surface area contributed by atoms with Crippen LogP contribution in [0.25, 0.3) is 0 Å². The Kier molecular flexibility index (Phi) is 6.30. The van der Waals surface area contributed by atoms with Gasteiger partial charge in [-0.3, -0.25) is 4.90 Å². The van der Waals surface area contributed by atoms with Gasteiger partial charge >= 0.3 is 0 Å². The van der Waals surface area contributed by atoms with Crippen LogP contribution < -0.4 is 5.32 Å². The summed E-state index contributed by atoms with van der Waals surface area (Å²) >= 11 is 7.77. The Morgan fingerprint density at radius 1 is 1.40 bits per heavy atom. The highest BCUT2D eigenvalue weighted by molar-refractivity contribution is 7.16. The van der Waals surface area contributed by atoms with Gasteiger partial charge in [0.25, 0.3) is 0 Å². The second-order valence-electron chi connectivity index (χ2n) is 5.78. The van der Waals surface area contributed by atoms with E-state index in [0.29, 0.717) is 12.1 Å². The van der Waals surface area contributed by atoms with Crippen molar-refractivity contribution in [2.45, 2.75) is 31.8 Å². The summed E-state index contributed by atoms with van der Waals surface area (Å²) in [5.74, 6) is 0. The first-order valence-electron chi connectivity index (χ1n) is 7.46. The van der Waals surface area contributed by atoms with E-state index < -0.39 is 0 Å². The Balaban J connectivity index is 2.05. The monoisotopic (exact) mass is 315 g/mol. The van der Waals surface area contributed by atoms with Crippen molar-refractivity contribution in [3.63, 3.8) is 0 Å². The van der Waals surface area contributed by atoms with Crippen molar-refractivity contribution in [1.82, 2.24) is 15.1 Å². The summed E-state index contributed by atoms with van der Waals surface area (Å²) in [6.45, 7) is 6.76. The molecule has 1 aromatic rings. The lowest BCUT2D eigenvalue weighted by molar-refractivity contribution is 0.0878. The molecule has 0 bridgehead atoms. The van der Waals surface area contributed by atoms with Crippen LogP contribution in [0.15, 0.2) is 12.1 Å². The Hall–Kier alpha value is -0.130. The van der Waals surface area contributed by atoms with Crippen LogP contribution in [0.2, 0.25) is 4.34 Å². The minimum atomic E-state index is 0.498. The van der Waals surface area contributed by atoms with Gasteiger partial charge in [-0.2, -0.15) is 0 Å². The summed E-state index contributed by atoms with van der Waals surface area (Å²) in [7, 11) is 4.47. The molecule has 2 heterocycles. The molecule has 1 fully saturated rings. The van der Waals surface area contributed by atoms with E-state index in [1.165, 1.54) is 17.8 Å². The van der Waals surface area contributed by atoms with Crippen LogP contribution in [0, 0.1) is 0 Å². The number of halogens is 1. The highest BCUT2D eigenvalue weighted by atomic mass is 35.5. The summed E-state index contributed by atoms with van der Waals surface area (Å²) in [6.07, 6.45) is 2.24. The number of piperazine rings is 1. The van der Waals surface area contributed by atoms with Gasteiger partial charge in [-0.1, -0.05) is 18.5 Å². The zero-order valence-electron chi connectivity index (χ0n) is 12.7. The van der Waals surface area contributed by atoms with Crippen molar-refractivity contribution in [2.75, 3.05) is 40.3 Å². The van der Waals surface area contributed by atoms with Gasteiger partial charge in [-0.05, 0) is 45.6 Å². The molecule has 0 radical (unpaired) electrons. The van der Waals surface area contributed by atoms with Crippen molar-refractivity contribution in [1.29, 1.82) is 0 Å². The third-order valence-corrected chi connectivity index (χ3v) is 5.32. The van der Waals surface area contributed by atoms with Gasteiger partial charge in [0, 0.05) is 36.6 Å². The van der Waals surface area contributed by atoms with Crippen molar-refractivity contribution < 1.29 is 0 Å². The fourth-order valence-electron chi connectivity index (χ4n) is 2.83. The fourth-order valence-corrected chi connectivity index (χ4v) is 3.98. The van der Waals surface area contributed by atoms with Gasteiger partial charge in [0.1, 0.15) is 0 Å². The van der Waals surface area contributed by atoms with Crippen molar-refractivity contribution in [3.8, 4) is 0 Å². The fraction of sp³-hybridized carbons (Fsp3) is 0.733. The first kappa shape index (κ1) is 16.2. The maximum absolute atomic E-state index is 6.07. The second kappa shape index (κ2) is 7.76. The molecule has 1 saturated heterocycles. The maximum atomic E-state index is 6.07. The summed E-state index contributed by atoms with van der Waals surface area (Å²) in [4.78, 5) is 6.32. The summed E-state index contributed by atoms with van der Waals surface area (Å²) in [5.41, 5.74) is 0. The molecule has 0 aliphatic carbocycles. The third kappa shape index (κ3) is 4.43. The van der Waals surface area contributed by atoms with E-state index in [2.05, 4.69) is 42.2 Å². The third-order valence-electron chi connectivity index (χ3n) is 4.07. The smallest absolute Gasteiger partial charge is 0.0931 e. The molecule has 5 heteroatoms. The van der Waals surface area contributed by atoms with E-state index in [4.69, 9.17) is 11.6 Å². The topological polar surface area (TPSA) is 18.5 Å². The minimum absolute atomic E-state index is 0.498. The molecule has 1 aliphatic rings. The molecule has 1 aliphatic heterocycles. The number of thiophene rings is 1. The number of hydrogen-bond donors (Lipinski definition) is 1. The van der Waals surface area contributed by atoms with Gasteiger partial charge in [0.2, 0.25) is 0 Å². The lowest BCUT2D eigenvalue weighted by Crippen LogP contribution is -2.59. The van der Waals surface area contributed by atoms with E-state index in [1.54, 1.807) is 11.3 Å². The van der Waals surface area contributed by atoms with Crippen molar-refractivity contribution in [2.24, 2.45) is 0 Å². The van der Waals surface area contributed by atoms with Gasteiger partial charge in [-0.25, -0.2) is 0 Å². The van der Waals surface area contributed by atoms with Crippen LogP contribution in [0.4, 0.5) is 0 Å². The molecule has 0 saturated carbocycles.